The van der Waals surface area contributed by atoms with E-state index in [-0.39, 0.29) is 38.1 Å². The first-order chi connectivity index (χ1) is 21.0. The van der Waals surface area contributed by atoms with E-state index in [0.717, 1.165) is 46.7 Å². The van der Waals surface area contributed by atoms with Gasteiger partial charge in [0.15, 0.2) is 0 Å². The van der Waals surface area contributed by atoms with E-state index in [1.54, 1.807) is 0 Å². The van der Waals surface area contributed by atoms with Gasteiger partial charge in [0.2, 0.25) is 0 Å². The van der Waals surface area contributed by atoms with Crippen LogP contribution in [0.5, 0.6) is 11.5 Å². The summed E-state index contributed by atoms with van der Waals surface area (Å²) in [4.78, 5) is 12.2. The maximum Gasteiger partial charge on any atom is 2.00 e. The molecule has 1 fully saturated rings. The van der Waals surface area contributed by atoms with E-state index in [0.29, 0.717) is 23.3 Å². The molecule has 0 spiro atoms. The van der Waals surface area contributed by atoms with E-state index < -0.39 is 0 Å². The molecule has 4 aromatic rings. The number of fused-ring (bicyclic) bond motifs is 3. The normalized spacial score (nSPS) is 21.2. The predicted molar refractivity (Wildman–Crippen MR) is 177 cm³/mol. The number of rotatable bonds is 5. The number of nitrogens with zero attached hydrogens (tertiary/aromatic N) is 3. The minimum atomic E-state index is -0.225. The average molecular weight is 779 g/mol. The van der Waals surface area contributed by atoms with Crippen molar-refractivity contribution in [2.75, 3.05) is 4.90 Å². The Labute approximate surface area is 282 Å². The molecule has 0 bridgehead atoms. The summed E-state index contributed by atoms with van der Waals surface area (Å²) in [6.45, 7) is 15.4. The number of pyridine rings is 1. The Hall–Kier alpha value is -3.43. The molecule has 5 nitrogen and oxygen atoms in total. The maximum absolute atomic E-state index is 6.61. The van der Waals surface area contributed by atoms with E-state index in [2.05, 4.69) is 114 Å². The van der Waals surface area contributed by atoms with Gasteiger partial charge in [0.25, 0.3) is 0 Å². The topological polar surface area (TPSA) is 47.0 Å². The molecule has 1 saturated carbocycles. The Morgan fingerprint density at radius 1 is 0.956 bits per heavy atom. The summed E-state index contributed by atoms with van der Waals surface area (Å²) in [6.07, 6.45) is 6.54. The Bertz CT molecular complexity index is 1800. The van der Waals surface area contributed by atoms with Crippen LogP contribution in [0.15, 0.2) is 65.8 Å². The van der Waals surface area contributed by atoms with Gasteiger partial charge in [-0.25, -0.2) is 4.98 Å². The van der Waals surface area contributed by atoms with Crippen molar-refractivity contribution in [2.24, 2.45) is 4.99 Å². The first kappa shape index (κ1) is 31.5. The van der Waals surface area contributed by atoms with Gasteiger partial charge >= 0.3 is 21.1 Å². The number of aliphatic imine (C=N–C) groups is 1. The molecule has 2 atom stereocenters. The standard InChI is InChI=1S/C39H41N3O2.Pt/c1-24(2)27-17-19-40-36(21-27)42-32-13-9-8-12-30(32)38(5,6)31-16-15-28(22-33(31)42)43-34-23-29(25(3)20-26(34)4)37-41-39(7)18-11-10-14-35(39)44-37;/h8-9,12-13,15-17,19-21,24,35H,10-11,14,18H2,1-7H3;/q-2;+2/t35-,39-;/m0./s1. The van der Waals surface area contributed by atoms with Crippen LogP contribution >= 0.6 is 0 Å². The number of aromatic nitrogens is 1. The second-order valence-electron chi connectivity index (χ2n) is 13.7. The van der Waals surface area contributed by atoms with Crippen molar-refractivity contribution < 1.29 is 30.5 Å². The fourth-order valence-corrected chi connectivity index (χ4v) is 7.14. The van der Waals surface area contributed by atoms with Crippen LogP contribution in [-0.4, -0.2) is 22.5 Å². The van der Waals surface area contributed by atoms with Gasteiger partial charge in [-0.05, 0) is 66.8 Å². The zero-order chi connectivity index (χ0) is 30.8. The molecular formula is C39H41N3O2Pt. The van der Waals surface area contributed by atoms with E-state index in [1.165, 1.54) is 29.5 Å². The molecule has 3 aliphatic rings. The Kier molecular flexibility index (Phi) is 8.23. The fourth-order valence-electron chi connectivity index (χ4n) is 7.14. The first-order valence-corrected chi connectivity index (χ1v) is 16.0. The van der Waals surface area contributed by atoms with Crippen LogP contribution in [-0.2, 0) is 31.2 Å². The van der Waals surface area contributed by atoms with Crippen LogP contribution in [0, 0.1) is 26.0 Å². The summed E-state index contributed by atoms with van der Waals surface area (Å²) in [6, 6.07) is 26.5. The van der Waals surface area contributed by atoms with Gasteiger partial charge in [-0.1, -0.05) is 89.0 Å². The molecule has 2 aliphatic heterocycles. The SMILES string of the molecule is Cc1cc(C)c(C2=N[C@@]3(C)CCCC[C@@H]3O2)[c-]c1Oc1[c-]c2c(cc1)C(C)(C)c1ccccc1N2c1cc(C(C)C)ccn1.[Pt+2]. The van der Waals surface area contributed by atoms with Gasteiger partial charge in [0.05, 0.1) is 5.54 Å². The minimum Gasteiger partial charge on any atom is -0.514 e. The molecule has 3 heterocycles. The number of hydrogen-bond acceptors (Lipinski definition) is 5. The summed E-state index contributed by atoms with van der Waals surface area (Å²) >= 11 is 0. The molecule has 1 aliphatic carbocycles. The van der Waals surface area contributed by atoms with Crippen molar-refractivity contribution in [1.29, 1.82) is 0 Å². The van der Waals surface area contributed by atoms with E-state index in [9.17, 15) is 0 Å². The monoisotopic (exact) mass is 778 g/mol. The first-order valence-electron chi connectivity index (χ1n) is 16.0. The Morgan fingerprint density at radius 3 is 2.53 bits per heavy atom. The van der Waals surface area contributed by atoms with Gasteiger partial charge in [-0.3, -0.25) is 4.99 Å². The molecule has 234 valence electrons. The summed E-state index contributed by atoms with van der Waals surface area (Å²) in [5.74, 6) is 3.25. The molecule has 7 rings (SSSR count). The van der Waals surface area contributed by atoms with Crippen molar-refractivity contribution in [3.63, 3.8) is 0 Å². The number of hydrogen-bond donors (Lipinski definition) is 0. The van der Waals surface area contributed by atoms with Crippen LogP contribution < -0.4 is 9.64 Å². The van der Waals surface area contributed by atoms with Gasteiger partial charge in [0, 0.05) is 23.4 Å². The van der Waals surface area contributed by atoms with E-state index in [4.69, 9.17) is 19.5 Å². The fraction of sp³-hybridized carbons (Fsp3) is 0.385. The van der Waals surface area contributed by atoms with Crippen LogP contribution in [0.25, 0.3) is 0 Å². The summed E-state index contributed by atoms with van der Waals surface area (Å²) in [7, 11) is 0. The molecule has 0 unspecified atom stereocenters. The number of anilines is 3. The predicted octanol–water partition coefficient (Wildman–Crippen LogP) is 9.80. The Balaban J connectivity index is 0.00000357. The minimum absolute atomic E-state index is 0. The largest absolute Gasteiger partial charge is 2.00 e. The number of para-hydroxylation sites is 1. The zero-order valence-electron chi connectivity index (χ0n) is 27.2. The molecule has 45 heavy (non-hydrogen) atoms. The van der Waals surface area contributed by atoms with Crippen molar-refractivity contribution in [3.8, 4) is 11.5 Å². The van der Waals surface area contributed by atoms with Gasteiger partial charge < -0.3 is 14.4 Å². The van der Waals surface area contributed by atoms with Crippen LogP contribution in [0.3, 0.4) is 0 Å². The van der Waals surface area contributed by atoms with Gasteiger partial charge in [0.1, 0.15) is 17.8 Å². The number of aryl methyl sites for hydroxylation is 2. The molecule has 0 saturated heterocycles. The van der Waals surface area contributed by atoms with Crippen LogP contribution in [0.2, 0.25) is 0 Å². The van der Waals surface area contributed by atoms with Crippen molar-refractivity contribution in [1.82, 2.24) is 4.98 Å². The molecule has 0 radical (unpaired) electrons. The Morgan fingerprint density at radius 2 is 1.76 bits per heavy atom. The molecule has 6 heteroatoms. The second kappa shape index (κ2) is 11.7. The molecule has 3 aromatic carbocycles. The van der Waals surface area contributed by atoms with Crippen LogP contribution in [0.4, 0.5) is 17.2 Å². The van der Waals surface area contributed by atoms with Crippen LogP contribution in [0.1, 0.15) is 99.6 Å². The molecule has 1 aromatic heterocycles. The van der Waals surface area contributed by atoms with Gasteiger partial charge in [-0.15, -0.1) is 29.3 Å². The van der Waals surface area contributed by atoms with Crippen molar-refractivity contribution in [2.45, 2.75) is 97.1 Å². The second-order valence-corrected chi connectivity index (χ2v) is 13.7. The van der Waals surface area contributed by atoms with Crippen molar-refractivity contribution in [3.05, 3.63) is 106 Å². The van der Waals surface area contributed by atoms with E-state index in [1.807, 2.05) is 12.3 Å². The third-order valence-electron chi connectivity index (χ3n) is 9.83. The maximum atomic E-state index is 6.61. The summed E-state index contributed by atoms with van der Waals surface area (Å²) in [5.41, 5.74) is 8.33. The molecular weight excluding hydrogens is 738 g/mol. The molecule has 0 amide bonds. The van der Waals surface area contributed by atoms with E-state index >= 15 is 0 Å². The summed E-state index contributed by atoms with van der Waals surface area (Å²) < 4.78 is 13.0. The van der Waals surface area contributed by atoms with Crippen molar-refractivity contribution >= 4 is 23.1 Å². The molecule has 0 N–H and O–H groups in total. The average Bonchev–Trinajstić information content (AvgIpc) is 3.36. The smallest absolute Gasteiger partial charge is 0.514 e. The zero-order valence-corrected chi connectivity index (χ0v) is 29.5. The number of ether oxygens (including phenoxy) is 2. The quantitative estimate of drug-likeness (QED) is 0.190. The van der Waals surface area contributed by atoms with Gasteiger partial charge in [-0.2, -0.15) is 6.07 Å². The third-order valence-corrected chi connectivity index (χ3v) is 9.83. The number of benzene rings is 3. The third kappa shape index (κ3) is 5.41. The summed E-state index contributed by atoms with van der Waals surface area (Å²) in [5, 5.41) is 0.